The molecule has 3 amide bonds. The third-order valence-corrected chi connectivity index (χ3v) is 6.37. The number of carbonyl (C=O) groups is 3. The molecule has 0 N–H and O–H groups in total. The summed E-state index contributed by atoms with van der Waals surface area (Å²) >= 11 is 0. The molecule has 0 spiro atoms. The third-order valence-electron chi connectivity index (χ3n) is 6.37. The molecule has 0 saturated carbocycles. The second-order valence-electron chi connectivity index (χ2n) is 8.92. The molecule has 0 aliphatic carbocycles. The van der Waals surface area contributed by atoms with E-state index in [4.69, 9.17) is 4.74 Å². The van der Waals surface area contributed by atoms with E-state index in [-0.39, 0.29) is 24.1 Å². The quantitative estimate of drug-likeness (QED) is 0.702. The second-order valence-corrected chi connectivity index (χ2v) is 8.92. The monoisotopic (exact) mass is 449 g/mol. The summed E-state index contributed by atoms with van der Waals surface area (Å²) in [7, 11) is 0. The molecule has 0 aromatic heterocycles. The first-order chi connectivity index (χ1) is 15.8. The van der Waals surface area contributed by atoms with E-state index in [1.165, 1.54) is 5.56 Å². The number of piperazine rings is 1. The topological polar surface area (TPSA) is 70.2 Å². The molecule has 2 heterocycles. The van der Waals surface area contributed by atoms with Crippen molar-refractivity contribution < 1.29 is 19.1 Å². The molecule has 1 atom stereocenters. The Hall–Kier alpha value is -3.35. The predicted molar refractivity (Wildman–Crippen MR) is 127 cm³/mol. The van der Waals surface area contributed by atoms with Gasteiger partial charge in [0.15, 0.2) is 6.10 Å². The molecule has 7 nitrogen and oxygen atoms in total. The lowest BCUT2D eigenvalue weighted by molar-refractivity contribution is -0.132. The van der Waals surface area contributed by atoms with Crippen LogP contribution in [0, 0.1) is 0 Å². The molecule has 2 aliphatic heterocycles. The van der Waals surface area contributed by atoms with Gasteiger partial charge in [-0.15, -0.1) is 0 Å². The number of amides is 3. The number of hydrogen-bond donors (Lipinski definition) is 0. The van der Waals surface area contributed by atoms with E-state index in [1.807, 2.05) is 48.5 Å². The van der Waals surface area contributed by atoms with E-state index in [9.17, 15) is 14.4 Å². The fraction of sp³-hybridized carbons (Fsp3) is 0.423. The molecule has 7 heteroatoms. The Bertz CT molecular complexity index is 1030. The second kappa shape index (κ2) is 9.65. The van der Waals surface area contributed by atoms with Crippen molar-refractivity contribution in [1.82, 2.24) is 9.80 Å². The summed E-state index contributed by atoms with van der Waals surface area (Å²) in [4.78, 5) is 43.5. The van der Waals surface area contributed by atoms with Crippen molar-refractivity contribution in [3.05, 3.63) is 59.7 Å². The van der Waals surface area contributed by atoms with E-state index >= 15 is 0 Å². The summed E-state index contributed by atoms with van der Waals surface area (Å²) in [5.74, 6) is 0.939. The van der Waals surface area contributed by atoms with Gasteiger partial charge < -0.3 is 19.4 Å². The molecular formula is C26H31N3O4. The predicted octanol–water partition coefficient (Wildman–Crippen LogP) is 3.30. The van der Waals surface area contributed by atoms with Crippen LogP contribution in [0.15, 0.2) is 48.5 Å². The molecule has 0 bridgehead atoms. The number of para-hydroxylation sites is 2. The third kappa shape index (κ3) is 4.87. The molecular weight excluding hydrogens is 418 g/mol. The number of rotatable bonds is 5. The summed E-state index contributed by atoms with van der Waals surface area (Å²) in [6.07, 6.45) is -0.337. The van der Waals surface area contributed by atoms with Gasteiger partial charge in [-0.2, -0.15) is 0 Å². The lowest BCUT2D eigenvalue weighted by Gasteiger charge is -2.36. The SMILES string of the molecule is CC1Oc2ccccc2N(CCC(=O)N2CCN(C(=O)c3ccc(C(C)C)cc3)CC2)C1=O. The van der Waals surface area contributed by atoms with Crippen LogP contribution in [0.1, 0.15) is 49.0 Å². The summed E-state index contributed by atoms with van der Waals surface area (Å²) < 4.78 is 5.66. The Balaban J connectivity index is 1.31. The first-order valence-corrected chi connectivity index (χ1v) is 11.6. The van der Waals surface area contributed by atoms with Crippen LogP contribution in [0.25, 0.3) is 0 Å². The van der Waals surface area contributed by atoms with Crippen LogP contribution in [0.4, 0.5) is 5.69 Å². The highest BCUT2D eigenvalue weighted by Crippen LogP contribution is 2.33. The average Bonchev–Trinajstić information content (AvgIpc) is 2.84. The summed E-state index contributed by atoms with van der Waals surface area (Å²) in [6, 6.07) is 15.2. The molecule has 4 rings (SSSR count). The van der Waals surface area contributed by atoms with Gasteiger partial charge in [0.1, 0.15) is 5.75 Å². The highest BCUT2D eigenvalue weighted by Gasteiger charge is 2.32. The lowest BCUT2D eigenvalue weighted by atomic mass is 10.0. The van der Waals surface area contributed by atoms with E-state index in [1.54, 1.807) is 21.6 Å². The molecule has 2 aromatic rings. The van der Waals surface area contributed by atoms with Gasteiger partial charge in [0.25, 0.3) is 11.8 Å². The van der Waals surface area contributed by atoms with Crippen LogP contribution >= 0.6 is 0 Å². The van der Waals surface area contributed by atoms with Gasteiger partial charge in [-0.25, -0.2) is 0 Å². The van der Waals surface area contributed by atoms with Crippen molar-refractivity contribution >= 4 is 23.4 Å². The minimum Gasteiger partial charge on any atom is -0.479 e. The van der Waals surface area contributed by atoms with Gasteiger partial charge in [-0.1, -0.05) is 38.1 Å². The normalized spacial score (nSPS) is 18.2. The van der Waals surface area contributed by atoms with Gasteiger partial charge >= 0.3 is 0 Å². The summed E-state index contributed by atoms with van der Waals surface area (Å²) in [5.41, 5.74) is 2.59. The Labute approximate surface area is 194 Å². The van der Waals surface area contributed by atoms with Crippen molar-refractivity contribution in [3.8, 4) is 5.75 Å². The number of ether oxygens (including phenoxy) is 1. The van der Waals surface area contributed by atoms with Gasteiger partial charge in [0.05, 0.1) is 5.69 Å². The van der Waals surface area contributed by atoms with Crippen molar-refractivity contribution in [2.75, 3.05) is 37.6 Å². The minimum absolute atomic E-state index is 0.00177. The first kappa shape index (κ1) is 22.8. The Morgan fingerprint density at radius 1 is 0.970 bits per heavy atom. The summed E-state index contributed by atoms with van der Waals surface area (Å²) in [5, 5.41) is 0. The van der Waals surface area contributed by atoms with Gasteiger partial charge in [0.2, 0.25) is 5.91 Å². The van der Waals surface area contributed by atoms with Crippen LogP contribution < -0.4 is 9.64 Å². The number of hydrogen-bond acceptors (Lipinski definition) is 4. The lowest BCUT2D eigenvalue weighted by Crippen LogP contribution is -2.51. The maximum Gasteiger partial charge on any atom is 0.267 e. The van der Waals surface area contributed by atoms with E-state index in [0.717, 1.165) is 0 Å². The Morgan fingerprint density at radius 3 is 2.27 bits per heavy atom. The average molecular weight is 450 g/mol. The highest BCUT2D eigenvalue weighted by molar-refractivity contribution is 6.00. The molecule has 174 valence electrons. The maximum absolute atomic E-state index is 12.8. The van der Waals surface area contributed by atoms with E-state index in [0.29, 0.717) is 55.6 Å². The Morgan fingerprint density at radius 2 is 1.61 bits per heavy atom. The number of carbonyl (C=O) groups excluding carboxylic acids is 3. The van der Waals surface area contributed by atoms with Crippen molar-refractivity contribution in [2.45, 2.75) is 39.2 Å². The summed E-state index contributed by atoms with van der Waals surface area (Å²) in [6.45, 7) is 8.29. The van der Waals surface area contributed by atoms with Crippen LogP contribution in [0.3, 0.4) is 0 Å². The maximum atomic E-state index is 12.8. The molecule has 33 heavy (non-hydrogen) atoms. The van der Waals surface area contributed by atoms with Crippen LogP contribution in [-0.2, 0) is 9.59 Å². The van der Waals surface area contributed by atoms with Crippen molar-refractivity contribution in [2.24, 2.45) is 0 Å². The van der Waals surface area contributed by atoms with Crippen LogP contribution in [-0.4, -0.2) is 66.3 Å². The van der Waals surface area contributed by atoms with E-state index < -0.39 is 6.10 Å². The number of anilines is 1. The van der Waals surface area contributed by atoms with Crippen LogP contribution in [0.5, 0.6) is 5.75 Å². The zero-order valence-corrected chi connectivity index (χ0v) is 19.5. The fourth-order valence-electron chi connectivity index (χ4n) is 4.31. The van der Waals surface area contributed by atoms with Crippen LogP contribution in [0.2, 0.25) is 0 Å². The largest absolute Gasteiger partial charge is 0.479 e. The van der Waals surface area contributed by atoms with Crippen molar-refractivity contribution in [3.63, 3.8) is 0 Å². The molecule has 1 saturated heterocycles. The molecule has 1 unspecified atom stereocenters. The number of nitrogens with zero attached hydrogens (tertiary/aromatic N) is 3. The van der Waals surface area contributed by atoms with E-state index in [2.05, 4.69) is 13.8 Å². The van der Waals surface area contributed by atoms with Crippen molar-refractivity contribution in [1.29, 1.82) is 0 Å². The Kier molecular flexibility index (Phi) is 6.67. The molecule has 0 radical (unpaired) electrons. The van der Waals surface area contributed by atoms with Gasteiger partial charge in [-0.3, -0.25) is 14.4 Å². The minimum atomic E-state index is -0.570. The van der Waals surface area contributed by atoms with Gasteiger partial charge in [0, 0.05) is 44.7 Å². The number of benzene rings is 2. The molecule has 2 aliphatic rings. The zero-order valence-electron chi connectivity index (χ0n) is 19.5. The first-order valence-electron chi connectivity index (χ1n) is 11.6. The van der Waals surface area contributed by atoms with Gasteiger partial charge in [-0.05, 0) is 42.7 Å². The molecule has 1 fully saturated rings. The standard InChI is InChI=1S/C26H31N3O4/c1-18(2)20-8-10-21(11-9-20)26(32)28-16-14-27(15-17-28)24(30)12-13-29-22-6-4-5-7-23(22)33-19(3)25(29)31/h4-11,18-19H,12-17H2,1-3H3. The zero-order chi connectivity index (χ0) is 23.5. The highest BCUT2D eigenvalue weighted by atomic mass is 16.5. The smallest absolute Gasteiger partial charge is 0.267 e. The number of fused-ring (bicyclic) bond motifs is 1. The fourth-order valence-corrected chi connectivity index (χ4v) is 4.31. The molecule has 2 aromatic carbocycles.